The summed E-state index contributed by atoms with van der Waals surface area (Å²) in [6.07, 6.45) is 0. The van der Waals surface area contributed by atoms with Gasteiger partial charge in [-0.05, 0) is 0 Å². The van der Waals surface area contributed by atoms with Crippen molar-refractivity contribution in [2.45, 2.75) is 0 Å². The van der Waals surface area contributed by atoms with Gasteiger partial charge in [0.2, 0.25) is 11.8 Å². The molecule has 7 nitrogen and oxygen atoms in total. The van der Waals surface area contributed by atoms with Crippen LogP contribution in [0.5, 0.6) is 0 Å². The summed E-state index contributed by atoms with van der Waals surface area (Å²) in [4.78, 5) is 31.7. The van der Waals surface area contributed by atoms with Gasteiger partial charge in [-0.25, -0.2) is 0 Å². The minimum atomic E-state index is 0.132. The van der Waals surface area contributed by atoms with Gasteiger partial charge in [-0.2, -0.15) is 0 Å². The number of hydrogen-bond donors (Lipinski definition) is 0. The molecule has 2 heterocycles. The average Bonchev–Trinajstić information content (AvgIpc) is 2.50. The molecule has 0 bridgehead atoms. The first-order valence-electron chi connectivity index (χ1n) is 7.56. The van der Waals surface area contributed by atoms with Crippen molar-refractivity contribution < 1.29 is 14.3 Å². The first kappa shape index (κ1) is 16.2. The molecule has 21 heavy (non-hydrogen) atoms. The zero-order valence-electron chi connectivity index (χ0n) is 13.1. The van der Waals surface area contributed by atoms with E-state index >= 15 is 0 Å². The van der Waals surface area contributed by atoms with Crippen LogP contribution in [0.15, 0.2) is 0 Å². The summed E-state index contributed by atoms with van der Waals surface area (Å²) in [6.45, 7) is 7.03. The van der Waals surface area contributed by atoms with Crippen LogP contribution in [0, 0.1) is 0 Å². The molecule has 0 aromatic rings. The minimum Gasteiger partial charge on any atom is -0.378 e. The Morgan fingerprint density at radius 1 is 0.905 bits per heavy atom. The second-order valence-corrected chi connectivity index (χ2v) is 5.83. The maximum atomic E-state index is 12.2. The van der Waals surface area contributed by atoms with Crippen molar-refractivity contribution in [1.29, 1.82) is 0 Å². The number of piperazine rings is 1. The molecular formula is C14H26N4O3. The highest BCUT2D eigenvalue weighted by Gasteiger charge is 2.23. The molecule has 120 valence electrons. The molecule has 0 aliphatic carbocycles. The third kappa shape index (κ3) is 4.94. The number of carbonyl (C=O) groups is 2. The van der Waals surface area contributed by atoms with Crippen molar-refractivity contribution >= 4 is 11.8 Å². The SMILES string of the molecule is CN(C)C(=O)CN1CCN(CC(=O)N2CCOCC2)CC1. The molecule has 0 atom stereocenters. The third-order valence-electron chi connectivity index (χ3n) is 4.05. The molecule has 0 N–H and O–H groups in total. The van der Waals surface area contributed by atoms with Gasteiger partial charge in [0, 0.05) is 53.4 Å². The number of nitrogens with zero attached hydrogens (tertiary/aromatic N) is 4. The van der Waals surface area contributed by atoms with E-state index in [-0.39, 0.29) is 11.8 Å². The van der Waals surface area contributed by atoms with E-state index in [0.717, 1.165) is 26.2 Å². The van der Waals surface area contributed by atoms with E-state index < -0.39 is 0 Å². The van der Waals surface area contributed by atoms with Crippen molar-refractivity contribution in [2.75, 3.05) is 79.7 Å². The van der Waals surface area contributed by atoms with E-state index in [1.165, 1.54) is 0 Å². The van der Waals surface area contributed by atoms with Crippen LogP contribution in [0.1, 0.15) is 0 Å². The van der Waals surface area contributed by atoms with Crippen LogP contribution in [0.3, 0.4) is 0 Å². The summed E-state index contributed by atoms with van der Waals surface area (Å²) in [5, 5.41) is 0. The smallest absolute Gasteiger partial charge is 0.236 e. The summed E-state index contributed by atoms with van der Waals surface area (Å²) in [5.74, 6) is 0.323. The molecule has 0 aromatic carbocycles. The zero-order valence-corrected chi connectivity index (χ0v) is 13.1. The number of ether oxygens (including phenoxy) is 1. The van der Waals surface area contributed by atoms with Crippen molar-refractivity contribution in [1.82, 2.24) is 19.6 Å². The molecule has 0 spiro atoms. The molecule has 2 amide bonds. The quantitative estimate of drug-likeness (QED) is 0.636. The second-order valence-electron chi connectivity index (χ2n) is 5.83. The second kappa shape index (κ2) is 7.72. The van der Waals surface area contributed by atoms with E-state index in [1.807, 2.05) is 4.90 Å². The lowest BCUT2D eigenvalue weighted by molar-refractivity contribution is -0.137. The summed E-state index contributed by atoms with van der Waals surface area (Å²) in [5.41, 5.74) is 0. The van der Waals surface area contributed by atoms with Gasteiger partial charge < -0.3 is 14.5 Å². The first-order valence-corrected chi connectivity index (χ1v) is 7.56. The molecule has 2 aliphatic rings. The van der Waals surface area contributed by atoms with Crippen molar-refractivity contribution in [2.24, 2.45) is 0 Å². The van der Waals surface area contributed by atoms with Gasteiger partial charge in [-0.3, -0.25) is 19.4 Å². The van der Waals surface area contributed by atoms with Crippen molar-refractivity contribution in [3.63, 3.8) is 0 Å². The van der Waals surface area contributed by atoms with E-state index in [9.17, 15) is 9.59 Å². The predicted molar refractivity (Wildman–Crippen MR) is 79.0 cm³/mol. The summed E-state index contributed by atoms with van der Waals surface area (Å²) < 4.78 is 5.26. The maximum absolute atomic E-state index is 12.2. The van der Waals surface area contributed by atoms with Crippen LogP contribution >= 0.6 is 0 Å². The molecule has 7 heteroatoms. The van der Waals surface area contributed by atoms with Gasteiger partial charge in [0.25, 0.3) is 0 Å². The Morgan fingerprint density at radius 2 is 1.43 bits per heavy atom. The van der Waals surface area contributed by atoms with Crippen LogP contribution in [-0.2, 0) is 14.3 Å². The first-order chi connectivity index (χ1) is 10.1. The molecule has 2 fully saturated rings. The highest BCUT2D eigenvalue weighted by Crippen LogP contribution is 2.04. The number of rotatable bonds is 4. The highest BCUT2D eigenvalue weighted by atomic mass is 16.5. The fraction of sp³-hybridized carbons (Fsp3) is 0.857. The molecule has 2 saturated heterocycles. The predicted octanol–water partition coefficient (Wildman–Crippen LogP) is -1.45. The maximum Gasteiger partial charge on any atom is 0.236 e. The molecule has 2 aliphatic heterocycles. The van der Waals surface area contributed by atoms with E-state index in [2.05, 4.69) is 9.80 Å². The van der Waals surface area contributed by atoms with E-state index in [4.69, 9.17) is 4.74 Å². The Hall–Kier alpha value is -1.18. The zero-order chi connectivity index (χ0) is 15.2. The summed E-state index contributed by atoms with van der Waals surface area (Å²) >= 11 is 0. The lowest BCUT2D eigenvalue weighted by atomic mass is 10.3. The van der Waals surface area contributed by atoms with Gasteiger partial charge in [0.15, 0.2) is 0 Å². The van der Waals surface area contributed by atoms with Gasteiger partial charge in [0.1, 0.15) is 0 Å². The molecule has 0 unspecified atom stereocenters. The van der Waals surface area contributed by atoms with Crippen LogP contribution in [0.25, 0.3) is 0 Å². The van der Waals surface area contributed by atoms with E-state index in [0.29, 0.717) is 39.4 Å². The van der Waals surface area contributed by atoms with Crippen molar-refractivity contribution in [3.8, 4) is 0 Å². The fourth-order valence-corrected chi connectivity index (χ4v) is 2.54. The monoisotopic (exact) mass is 298 g/mol. The average molecular weight is 298 g/mol. The fourth-order valence-electron chi connectivity index (χ4n) is 2.54. The van der Waals surface area contributed by atoms with Crippen LogP contribution in [0.4, 0.5) is 0 Å². The topological polar surface area (TPSA) is 56.3 Å². The number of morpholine rings is 1. The Kier molecular flexibility index (Phi) is 5.96. The lowest BCUT2D eigenvalue weighted by Gasteiger charge is -2.36. The van der Waals surface area contributed by atoms with Gasteiger partial charge in [-0.15, -0.1) is 0 Å². The Bertz CT molecular complexity index is 361. The minimum absolute atomic E-state index is 0.132. The largest absolute Gasteiger partial charge is 0.378 e. The van der Waals surface area contributed by atoms with Crippen LogP contribution < -0.4 is 0 Å². The van der Waals surface area contributed by atoms with Gasteiger partial charge in [-0.1, -0.05) is 0 Å². The number of likely N-dealkylation sites (N-methyl/N-ethyl adjacent to an activating group) is 1. The standard InChI is InChI=1S/C14H26N4O3/c1-15(2)13(19)11-16-3-5-17(6-4-16)12-14(20)18-7-9-21-10-8-18/h3-12H2,1-2H3. The molecule has 2 rings (SSSR count). The molecule has 0 aromatic heterocycles. The Labute approximate surface area is 126 Å². The third-order valence-corrected chi connectivity index (χ3v) is 4.05. The number of carbonyl (C=O) groups excluding carboxylic acids is 2. The Morgan fingerprint density at radius 3 is 1.95 bits per heavy atom. The molecule has 0 radical (unpaired) electrons. The normalized spacial score (nSPS) is 21.3. The summed E-state index contributed by atoms with van der Waals surface area (Å²) in [7, 11) is 3.55. The van der Waals surface area contributed by atoms with Gasteiger partial charge in [0.05, 0.1) is 26.3 Å². The highest BCUT2D eigenvalue weighted by molar-refractivity contribution is 5.78. The molecular weight excluding hydrogens is 272 g/mol. The van der Waals surface area contributed by atoms with E-state index in [1.54, 1.807) is 19.0 Å². The van der Waals surface area contributed by atoms with Crippen molar-refractivity contribution in [3.05, 3.63) is 0 Å². The lowest BCUT2D eigenvalue weighted by Crippen LogP contribution is -2.52. The van der Waals surface area contributed by atoms with Crippen LogP contribution in [-0.4, -0.2) is 111 Å². The summed E-state index contributed by atoms with van der Waals surface area (Å²) in [6, 6.07) is 0. The Balaban J connectivity index is 1.69. The number of amides is 2. The molecule has 0 saturated carbocycles. The number of hydrogen-bond acceptors (Lipinski definition) is 5. The van der Waals surface area contributed by atoms with Gasteiger partial charge >= 0.3 is 0 Å². The van der Waals surface area contributed by atoms with Crippen LogP contribution in [0.2, 0.25) is 0 Å².